The molecule has 1 aromatic carbocycles. The lowest BCUT2D eigenvalue weighted by Gasteiger charge is -2.27. The average molecular weight is 514 g/mol. The second kappa shape index (κ2) is 13.8. The summed E-state index contributed by atoms with van der Waals surface area (Å²) in [5.74, 6) is 0. The van der Waals surface area contributed by atoms with E-state index in [9.17, 15) is 0 Å². The van der Waals surface area contributed by atoms with Crippen molar-refractivity contribution in [3.8, 4) is 0 Å². The molecule has 0 radical (unpaired) electrons. The highest BCUT2D eigenvalue weighted by Gasteiger charge is 2.16. The summed E-state index contributed by atoms with van der Waals surface area (Å²) in [6.07, 6.45) is 11.1. The molecular formula is C31H43N7. The lowest BCUT2D eigenvalue weighted by atomic mass is 9.96. The van der Waals surface area contributed by atoms with Crippen LogP contribution in [0.25, 0.3) is 21.8 Å². The Bertz CT molecular complexity index is 1270. The molecule has 0 amide bonds. The van der Waals surface area contributed by atoms with E-state index in [2.05, 4.69) is 61.5 Å². The van der Waals surface area contributed by atoms with Gasteiger partial charge < -0.3 is 20.9 Å². The molecule has 1 aliphatic carbocycles. The molecule has 4 aromatic rings. The Balaban J connectivity index is 0.000000244. The third kappa shape index (κ3) is 6.59. The number of aryl methyl sites for hydroxylation is 2. The quantitative estimate of drug-likeness (QED) is 0.295. The van der Waals surface area contributed by atoms with Gasteiger partial charge in [0.25, 0.3) is 0 Å². The third-order valence-corrected chi connectivity index (χ3v) is 7.80. The lowest BCUT2D eigenvalue weighted by molar-refractivity contribution is 0.234. The molecule has 1 saturated heterocycles. The molecule has 1 aliphatic heterocycles. The highest BCUT2D eigenvalue weighted by atomic mass is 15.2. The number of piperazine rings is 1. The van der Waals surface area contributed by atoms with E-state index in [0.29, 0.717) is 0 Å². The number of rotatable bonds is 9. The maximum absolute atomic E-state index is 5.60. The Morgan fingerprint density at radius 2 is 1.74 bits per heavy atom. The molecule has 202 valence electrons. The number of para-hydroxylation sites is 1. The number of unbranched alkanes of at least 4 members (excludes halogenated alkanes) is 1. The molecule has 7 nitrogen and oxygen atoms in total. The van der Waals surface area contributed by atoms with Gasteiger partial charge in [0.15, 0.2) is 0 Å². The van der Waals surface area contributed by atoms with E-state index >= 15 is 0 Å². The second-order valence-corrected chi connectivity index (χ2v) is 10.4. The largest absolute Gasteiger partial charge is 0.338 e. The van der Waals surface area contributed by atoms with Gasteiger partial charge in [-0.05, 0) is 75.4 Å². The molecule has 4 N–H and O–H groups in total. The fraction of sp³-hybridized carbons (Fsp3) is 0.484. The van der Waals surface area contributed by atoms with E-state index in [1.807, 2.05) is 18.5 Å². The van der Waals surface area contributed by atoms with Crippen LogP contribution < -0.4 is 16.4 Å². The first-order chi connectivity index (χ1) is 18.8. The number of hydrogen-bond donors (Lipinski definition) is 3. The second-order valence-electron chi connectivity index (χ2n) is 10.4. The topological polar surface area (TPSA) is 84.0 Å². The Hall–Kier alpha value is -2.84. The number of nitrogens with one attached hydrogen (secondary N) is 2. The minimum Gasteiger partial charge on any atom is -0.338 e. The van der Waals surface area contributed by atoms with Crippen molar-refractivity contribution in [2.75, 3.05) is 45.8 Å². The molecule has 0 atom stereocenters. The SMILES string of the molecule is NCCCCNCc1nccc2c3ccccc3n(CCN3CCNCC3)c12.c1cnc2c(c1)CCCC2. The summed E-state index contributed by atoms with van der Waals surface area (Å²) < 4.78 is 2.48. The van der Waals surface area contributed by atoms with E-state index < -0.39 is 0 Å². The van der Waals surface area contributed by atoms with Crippen molar-refractivity contribution >= 4 is 21.8 Å². The summed E-state index contributed by atoms with van der Waals surface area (Å²) in [4.78, 5) is 11.6. The van der Waals surface area contributed by atoms with E-state index in [1.165, 1.54) is 58.7 Å². The Morgan fingerprint density at radius 1 is 0.868 bits per heavy atom. The van der Waals surface area contributed by atoms with Crippen molar-refractivity contribution in [1.29, 1.82) is 0 Å². The van der Waals surface area contributed by atoms with Crippen molar-refractivity contribution in [2.45, 2.75) is 51.6 Å². The van der Waals surface area contributed by atoms with Gasteiger partial charge >= 0.3 is 0 Å². The van der Waals surface area contributed by atoms with Crippen LogP contribution in [-0.4, -0.2) is 65.2 Å². The smallest absolute Gasteiger partial charge is 0.0784 e. The van der Waals surface area contributed by atoms with Gasteiger partial charge in [0.05, 0.1) is 11.2 Å². The van der Waals surface area contributed by atoms with Crippen LogP contribution in [0.1, 0.15) is 42.6 Å². The van der Waals surface area contributed by atoms with Crippen molar-refractivity contribution in [3.05, 3.63) is 71.8 Å². The minimum absolute atomic E-state index is 0.760. The highest BCUT2D eigenvalue weighted by molar-refractivity contribution is 6.08. The molecule has 4 heterocycles. The van der Waals surface area contributed by atoms with Crippen molar-refractivity contribution in [3.63, 3.8) is 0 Å². The Morgan fingerprint density at radius 3 is 2.61 bits per heavy atom. The number of pyridine rings is 2. The summed E-state index contributed by atoms with van der Waals surface area (Å²) in [5, 5.41) is 9.63. The van der Waals surface area contributed by atoms with Gasteiger partial charge in [0, 0.05) is 80.2 Å². The number of hydrogen-bond acceptors (Lipinski definition) is 6. The summed E-state index contributed by atoms with van der Waals surface area (Å²) in [6.45, 7) is 9.05. The van der Waals surface area contributed by atoms with Crippen molar-refractivity contribution in [1.82, 2.24) is 30.1 Å². The van der Waals surface area contributed by atoms with E-state index in [4.69, 9.17) is 10.7 Å². The van der Waals surface area contributed by atoms with Crippen LogP contribution in [0, 0.1) is 0 Å². The van der Waals surface area contributed by atoms with Crippen LogP contribution in [0.4, 0.5) is 0 Å². The predicted molar refractivity (Wildman–Crippen MR) is 157 cm³/mol. The molecule has 38 heavy (non-hydrogen) atoms. The standard InChI is InChI=1S/C22H32N6.C9H11N/c23-8-3-4-9-25-17-20-22-19(7-10-26-20)18-5-1-2-6-21(18)28(22)16-15-27-13-11-24-12-14-27;1-2-6-9-8(4-1)5-3-7-10-9/h1-2,5-7,10,24-25H,3-4,8-9,11-17,23H2;3,5,7H,1-2,4,6H2. The molecule has 7 heteroatoms. The van der Waals surface area contributed by atoms with Gasteiger partial charge in [-0.25, -0.2) is 0 Å². The van der Waals surface area contributed by atoms with Crippen molar-refractivity contribution in [2.24, 2.45) is 5.73 Å². The number of fused-ring (bicyclic) bond motifs is 4. The lowest BCUT2D eigenvalue weighted by Crippen LogP contribution is -2.44. The summed E-state index contributed by atoms with van der Waals surface area (Å²) >= 11 is 0. The molecule has 1 fully saturated rings. The van der Waals surface area contributed by atoms with E-state index in [0.717, 1.165) is 77.4 Å². The maximum Gasteiger partial charge on any atom is 0.0784 e. The van der Waals surface area contributed by atoms with Crippen LogP contribution in [0.2, 0.25) is 0 Å². The van der Waals surface area contributed by atoms with Gasteiger partial charge in [0.2, 0.25) is 0 Å². The zero-order chi connectivity index (χ0) is 26.0. The normalized spacial score (nSPS) is 15.8. The first-order valence-electron chi connectivity index (χ1n) is 14.5. The molecule has 0 bridgehead atoms. The number of nitrogens with two attached hydrogens (primary N) is 1. The summed E-state index contributed by atoms with van der Waals surface area (Å²) in [5.41, 5.74) is 12.1. The summed E-state index contributed by atoms with van der Waals surface area (Å²) in [7, 11) is 0. The Kier molecular flexibility index (Phi) is 9.72. The Labute approximate surface area is 226 Å². The fourth-order valence-electron chi connectivity index (χ4n) is 5.74. The number of nitrogens with zero attached hydrogens (tertiary/aromatic N) is 4. The van der Waals surface area contributed by atoms with Crippen LogP contribution in [0.3, 0.4) is 0 Å². The molecule has 2 aliphatic rings. The molecule has 0 saturated carbocycles. The predicted octanol–water partition coefficient (Wildman–Crippen LogP) is 3.88. The van der Waals surface area contributed by atoms with Crippen LogP contribution >= 0.6 is 0 Å². The first-order valence-corrected chi connectivity index (χ1v) is 14.5. The van der Waals surface area contributed by atoms with Crippen LogP contribution in [-0.2, 0) is 25.9 Å². The van der Waals surface area contributed by atoms with Gasteiger partial charge in [0.1, 0.15) is 0 Å². The summed E-state index contributed by atoms with van der Waals surface area (Å²) in [6, 6.07) is 15.1. The average Bonchev–Trinajstić information content (AvgIpc) is 3.31. The highest BCUT2D eigenvalue weighted by Crippen LogP contribution is 2.30. The third-order valence-electron chi connectivity index (χ3n) is 7.80. The minimum atomic E-state index is 0.760. The van der Waals surface area contributed by atoms with Crippen molar-refractivity contribution < 1.29 is 0 Å². The zero-order valence-electron chi connectivity index (χ0n) is 22.7. The van der Waals surface area contributed by atoms with Gasteiger partial charge in [-0.3, -0.25) is 14.9 Å². The van der Waals surface area contributed by atoms with Crippen LogP contribution in [0.5, 0.6) is 0 Å². The van der Waals surface area contributed by atoms with Gasteiger partial charge in [-0.1, -0.05) is 24.3 Å². The monoisotopic (exact) mass is 513 g/mol. The molecular weight excluding hydrogens is 470 g/mol. The van der Waals surface area contributed by atoms with Gasteiger partial charge in [-0.2, -0.15) is 0 Å². The maximum atomic E-state index is 5.60. The van der Waals surface area contributed by atoms with Gasteiger partial charge in [-0.15, -0.1) is 0 Å². The van der Waals surface area contributed by atoms with E-state index in [1.54, 1.807) is 0 Å². The fourth-order valence-corrected chi connectivity index (χ4v) is 5.74. The first kappa shape index (κ1) is 26.8. The molecule has 6 rings (SSSR count). The molecule has 3 aromatic heterocycles. The number of benzene rings is 1. The van der Waals surface area contributed by atoms with E-state index in [-0.39, 0.29) is 0 Å². The molecule has 0 spiro atoms. The zero-order valence-corrected chi connectivity index (χ0v) is 22.7. The van der Waals surface area contributed by atoms with Crippen LogP contribution in [0.15, 0.2) is 54.9 Å². The number of aromatic nitrogens is 3. The molecule has 0 unspecified atom stereocenters.